The Morgan fingerprint density at radius 1 is 1.19 bits per heavy atom. The van der Waals surface area contributed by atoms with Crippen molar-refractivity contribution in [3.63, 3.8) is 0 Å². The van der Waals surface area contributed by atoms with Gasteiger partial charge in [0.1, 0.15) is 0 Å². The predicted octanol–water partition coefficient (Wildman–Crippen LogP) is 3.53. The first kappa shape index (κ1) is 23.8. The maximum Gasteiger partial charge on any atom is 0.227 e. The van der Waals surface area contributed by atoms with Crippen LogP contribution in [-0.2, 0) is 9.53 Å². The Morgan fingerprint density at radius 3 is 2.62 bits per heavy atom. The molecule has 0 spiro atoms. The summed E-state index contributed by atoms with van der Waals surface area (Å²) in [6.07, 6.45) is 4.61. The van der Waals surface area contributed by atoms with Gasteiger partial charge in [0.25, 0.3) is 0 Å². The van der Waals surface area contributed by atoms with E-state index in [1.165, 1.54) is 0 Å². The van der Waals surface area contributed by atoms with Crippen molar-refractivity contribution in [2.24, 2.45) is 0 Å². The number of carbonyl (C=O) groups excluding carboxylic acids is 1. The largest absolute Gasteiger partial charge is 0.376 e. The standard InChI is InChI=1S/C20H18FN6O2.C2H6.Fm/c1-13-11-27(6-7-29-13)20-22-10-17(21)19(25-20)24-18-8-16(9-23-26-18)15-4-2-14(12-28)3-5-15;1-2;/h2-5,8-10,13H,6-7,11H2,1H3,(H,22,24,25,26);1-2H3;/q-1;;. The molecule has 2 aromatic heterocycles. The Morgan fingerprint density at radius 2 is 1.94 bits per heavy atom. The minimum absolute atomic E-state index is 0. The van der Waals surface area contributed by atoms with Gasteiger partial charge in [0.05, 0.1) is 31.4 Å². The number of benzene rings is 1. The molecule has 0 aliphatic carbocycles. The summed E-state index contributed by atoms with van der Waals surface area (Å²) in [7, 11) is 0. The zero-order valence-corrected chi connectivity index (χ0v) is 20.4. The zero-order chi connectivity index (χ0) is 22.2. The van der Waals surface area contributed by atoms with Gasteiger partial charge >= 0.3 is 0 Å². The second kappa shape index (κ2) is 11.1. The molecule has 1 saturated heterocycles. The molecule has 3 aromatic rings. The third kappa shape index (κ3) is 5.57. The van der Waals surface area contributed by atoms with Gasteiger partial charge in [-0.05, 0) is 18.6 Å². The topological polar surface area (TPSA) is 93.1 Å². The number of hydrogen-bond donors (Lipinski definition) is 1. The Balaban J connectivity index is 0.00000118. The molecule has 1 N–H and O–H groups in total. The molecule has 4 rings (SSSR count). The summed E-state index contributed by atoms with van der Waals surface area (Å²) in [5, 5.41) is 10.8. The molecule has 8 nitrogen and oxygen atoms in total. The monoisotopic (exact) mass is 680 g/mol. The van der Waals surface area contributed by atoms with Crippen LogP contribution >= 0.6 is 0 Å². The van der Waals surface area contributed by atoms with Gasteiger partial charge in [-0.3, -0.25) is 0 Å². The number of rotatable bonds is 5. The Kier molecular flexibility index (Phi) is 8.24. The Hall–Kier alpha value is -4.46. The van der Waals surface area contributed by atoms with Crippen LogP contribution in [0.4, 0.5) is 22.0 Å². The van der Waals surface area contributed by atoms with E-state index in [4.69, 9.17) is 4.74 Å². The van der Waals surface area contributed by atoms with Crippen LogP contribution in [-0.4, -0.2) is 52.3 Å². The zero-order valence-electron chi connectivity index (χ0n) is 18.0. The van der Waals surface area contributed by atoms with Crippen molar-refractivity contribution in [2.75, 3.05) is 29.9 Å². The molecule has 10 heteroatoms. The van der Waals surface area contributed by atoms with E-state index in [2.05, 4.69) is 25.5 Å². The van der Waals surface area contributed by atoms with Crippen molar-refractivity contribution < 1.29 is 13.9 Å². The number of aromatic nitrogens is 4. The summed E-state index contributed by atoms with van der Waals surface area (Å²) in [4.78, 5) is 21.0. The molecule has 1 aromatic carbocycles. The van der Waals surface area contributed by atoms with Crippen molar-refractivity contribution in [1.29, 1.82) is 0 Å². The first-order valence-electron chi connectivity index (χ1n) is 10.1. The van der Waals surface area contributed by atoms with E-state index in [1.807, 2.05) is 32.0 Å². The van der Waals surface area contributed by atoms with Crippen LogP contribution < -0.4 is 10.2 Å². The molecule has 3 heterocycles. The number of ether oxygens (including phenoxy) is 1. The third-order valence-electron chi connectivity index (χ3n) is 4.49. The van der Waals surface area contributed by atoms with Crippen LogP contribution in [0.15, 0.2) is 42.7 Å². The average Bonchev–Trinajstić information content (AvgIpc) is 2.82. The quantitative estimate of drug-likeness (QED) is 0.410. The van der Waals surface area contributed by atoms with Crippen molar-refractivity contribution >= 4 is 23.9 Å². The van der Waals surface area contributed by atoms with E-state index < -0.39 is 5.82 Å². The molecule has 0 bridgehead atoms. The summed E-state index contributed by atoms with van der Waals surface area (Å²) < 4.78 is 19.8. The molecule has 0 radical (unpaired) electrons. The van der Waals surface area contributed by atoms with Crippen LogP contribution in [0.5, 0.6) is 0 Å². The van der Waals surface area contributed by atoms with Gasteiger partial charge in [0.15, 0.2) is 17.5 Å². The Bertz CT molecular complexity index is 1020. The second-order valence-corrected chi connectivity index (χ2v) is 6.63. The molecular formula is C22H24FFmN6O2-. The molecule has 174 valence electrons. The van der Waals surface area contributed by atoms with Gasteiger partial charge in [-0.1, -0.05) is 13.8 Å². The fourth-order valence-electron chi connectivity index (χ4n) is 3.04. The van der Waals surface area contributed by atoms with Gasteiger partial charge in [0.2, 0.25) is 5.95 Å². The smallest absolute Gasteiger partial charge is 0.227 e. The molecule has 32 heavy (non-hydrogen) atoms. The van der Waals surface area contributed by atoms with Crippen molar-refractivity contribution in [3.8, 4) is 11.1 Å². The summed E-state index contributed by atoms with van der Waals surface area (Å²) in [6.45, 7) is 7.81. The normalized spacial score (nSPS) is 15.1. The van der Waals surface area contributed by atoms with Gasteiger partial charge in [-0.2, -0.15) is 27.8 Å². The van der Waals surface area contributed by atoms with Gasteiger partial charge in [0, 0.05) is 18.7 Å². The van der Waals surface area contributed by atoms with E-state index >= 15 is 0 Å². The molecule has 1 unspecified atom stereocenters. The number of nitrogens with zero attached hydrogens (tertiary/aromatic N) is 5. The second-order valence-electron chi connectivity index (χ2n) is 6.63. The predicted molar refractivity (Wildman–Crippen MR) is 117 cm³/mol. The van der Waals surface area contributed by atoms with E-state index in [9.17, 15) is 9.18 Å². The van der Waals surface area contributed by atoms with Crippen LogP contribution in [0, 0.1) is 5.82 Å². The van der Waals surface area contributed by atoms with Crippen LogP contribution in [0.3, 0.4) is 0 Å². The molecule has 1 atom stereocenters. The molecule has 1 fully saturated rings. The third-order valence-corrected chi connectivity index (χ3v) is 4.49. The summed E-state index contributed by atoms with van der Waals surface area (Å²) in [5.74, 6) is 0.195. The average molecular weight is 680 g/mol. The fraction of sp³-hybridized carbons (Fsp3) is 0.318. The summed E-state index contributed by atoms with van der Waals surface area (Å²) >= 11 is 0. The maximum absolute atomic E-state index is 14.3. The molecule has 0 saturated carbocycles. The summed E-state index contributed by atoms with van der Waals surface area (Å²) in [6, 6.07) is 8.61. The van der Waals surface area contributed by atoms with E-state index in [0.717, 1.165) is 17.3 Å². The number of hydrogen-bond acceptors (Lipinski definition) is 8. The number of morpholine rings is 1. The van der Waals surface area contributed by atoms with Gasteiger partial charge in [-0.15, -0.1) is 17.2 Å². The summed E-state index contributed by atoms with van der Waals surface area (Å²) in [5.41, 5.74) is 2.06. The van der Waals surface area contributed by atoms with Crippen LogP contribution in [0.2, 0.25) is 0 Å². The van der Waals surface area contributed by atoms with E-state index in [1.54, 1.807) is 36.5 Å². The molecule has 1 aliphatic heterocycles. The molecular weight excluding hydrogens is 656 g/mol. The van der Waals surface area contributed by atoms with Crippen LogP contribution in [0.25, 0.3) is 11.1 Å². The van der Waals surface area contributed by atoms with Crippen LogP contribution in [0.1, 0.15) is 26.3 Å². The SMILES string of the molecule is CC.CC1CN(c2ncc(F)c(Nc3cc(-c4ccc([C-]=O)cc4)cnn3)n2)CCO1.[Fm]. The fourth-order valence-corrected chi connectivity index (χ4v) is 3.04. The van der Waals surface area contributed by atoms with Crippen molar-refractivity contribution in [2.45, 2.75) is 26.9 Å². The first-order chi connectivity index (χ1) is 15.1. The van der Waals surface area contributed by atoms with Gasteiger partial charge < -0.3 is 19.7 Å². The minimum Gasteiger partial charge on any atom is -0.376 e. The molecule has 1 aliphatic rings. The maximum atomic E-state index is 14.3. The number of nitrogens with one attached hydrogen (secondary N) is 1. The minimum atomic E-state index is -0.590. The van der Waals surface area contributed by atoms with Crippen molar-refractivity contribution in [3.05, 3.63) is 54.1 Å². The number of anilines is 3. The Labute approximate surface area is 180 Å². The van der Waals surface area contributed by atoms with E-state index in [-0.39, 0.29) is 11.9 Å². The first-order valence-corrected chi connectivity index (χ1v) is 10.1. The van der Waals surface area contributed by atoms with Gasteiger partial charge in [-0.25, -0.2) is 9.37 Å². The number of halogens is 1. The molecule has 0 amide bonds. The van der Waals surface area contributed by atoms with Crippen molar-refractivity contribution in [1.82, 2.24) is 20.2 Å². The van der Waals surface area contributed by atoms with E-state index in [0.29, 0.717) is 37.0 Å².